The summed E-state index contributed by atoms with van der Waals surface area (Å²) >= 11 is 0. The molecule has 6 rings (SSSR count). The lowest BCUT2D eigenvalue weighted by molar-refractivity contribution is -0.117. The third-order valence-corrected chi connectivity index (χ3v) is 7.43. The average Bonchev–Trinajstić information content (AvgIpc) is 3.68. The van der Waals surface area contributed by atoms with Crippen molar-refractivity contribution in [1.82, 2.24) is 39.6 Å². The van der Waals surface area contributed by atoms with E-state index in [0.717, 1.165) is 46.4 Å². The summed E-state index contributed by atoms with van der Waals surface area (Å²) in [5, 5.41) is 14.6. The van der Waals surface area contributed by atoms with E-state index in [-0.39, 0.29) is 24.5 Å². The summed E-state index contributed by atoms with van der Waals surface area (Å²) in [6.45, 7) is 5.53. The Morgan fingerprint density at radius 2 is 2.05 bits per heavy atom. The fourth-order valence-electron chi connectivity index (χ4n) is 5.20. The van der Waals surface area contributed by atoms with Gasteiger partial charge >= 0.3 is 0 Å². The zero-order chi connectivity index (χ0) is 30.1. The van der Waals surface area contributed by atoms with Gasteiger partial charge in [0, 0.05) is 68.4 Å². The topological polar surface area (TPSA) is 177 Å². The Balaban J connectivity index is 1.13. The van der Waals surface area contributed by atoms with E-state index in [1.165, 1.54) is 0 Å². The fraction of sp³-hybridized carbons (Fsp3) is 0.310. The number of amides is 1. The molecule has 14 heteroatoms. The van der Waals surface area contributed by atoms with Crippen molar-refractivity contribution < 1.29 is 9.53 Å². The normalized spacial score (nSPS) is 15.1. The Morgan fingerprint density at radius 1 is 1.19 bits per heavy atom. The quantitative estimate of drug-likeness (QED) is 0.172. The number of rotatable bonds is 9. The van der Waals surface area contributed by atoms with E-state index < -0.39 is 0 Å². The minimum absolute atomic E-state index is 0.0987. The second kappa shape index (κ2) is 11.6. The molecule has 6 N–H and O–H groups in total. The lowest BCUT2D eigenvalue weighted by Gasteiger charge is -2.17. The summed E-state index contributed by atoms with van der Waals surface area (Å²) in [6, 6.07) is 9.47. The number of hydrogen-bond donors (Lipinski definition) is 5. The highest BCUT2D eigenvalue weighted by atomic mass is 16.5. The highest BCUT2D eigenvalue weighted by molar-refractivity contribution is 6.06. The van der Waals surface area contributed by atoms with Gasteiger partial charge in [0.1, 0.15) is 11.9 Å². The van der Waals surface area contributed by atoms with Gasteiger partial charge in [0.25, 0.3) is 0 Å². The Bertz CT molecular complexity index is 1780. The van der Waals surface area contributed by atoms with E-state index in [4.69, 9.17) is 15.5 Å². The number of para-hydroxylation sites is 1. The van der Waals surface area contributed by atoms with Crippen molar-refractivity contribution in [2.24, 2.45) is 7.05 Å². The number of aryl methyl sites for hydroxylation is 3. The van der Waals surface area contributed by atoms with Crippen LogP contribution in [0.4, 0.5) is 29.2 Å². The van der Waals surface area contributed by atoms with Crippen LogP contribution >= 0.6 is 0 Å². The van der Waals surface area contributed by atoms with Crippen molar-refractivity contribution in [2.75, 3.05) is 48.4 Å². The maximum absolute atomic E-state index is 13.1. The van der Waals surface area contributed by atoms with Gasteiger partial charge in [0.05, 0.1) is 23.4 Å². The molecule has 1 atom stereocenters. The molecule has 1 aromatic carbocycles. The van der Waals surface area contributed by atoms with Gasteiger partial charge in [-0.25, -0.2) is 9.97 Å². The molecule has 0 radical (unpaired) electrons. The summed E-state index contributed by atoms with van der Waals surface area (Å²) in [6.07, 6.45) is 4.37. The van der Waals surface area contributed by atoms with Gasteiger partial charge in [-0.15, -0.1) is 0 Å². The Labute approximate surface area is 248 Å². The molecule has 1 fully saturated rings. The summed E-state index contributed by atoms with van der Waals surface area (Å²) in [5.41, 5.74) is 11.0. The number of aromatic amines is 1. The van der Waals surface area contributed by atoms with Gasteiger partial charge in [-0.2, -0.15) is 15.1 Å². The van der Waals surface area contributed by atoms with Gasteiger partial charge in [-0.3, -0.25) is 14.4 Å². The molecule has 1 amide bonds. The first-order chi connectivity index (χ1) is 20.7. The van der Waals surface area contributed by atoms with Crippen LogP contribution in [0.5, 0.6) is 5.88 Å². The minimum atomic E-state index is -0.108. The first kappa shape index (κ1) is 27.9. The van der Waals surface area contributed by atoms with Crippen LogP contribution in [-0.4, -0.2) is 78.3 Å². The number of nitrogens with two attached hydrogens (primary N) is 1. The lowest BCUT2D eigenvalue weighted by atomic mass is 10.1. The number of hydrogen-bond acceptors (Lipinski definition) is 11. The monoisotopic (exact) mass is 582 g/mol. The molecule has 222 valence electrons. The molecule has 1 saturated heterocycles. The number of nitrogen functional groups attached to an aromatic ring is 1. The largest absolute Gasteiger partial charge is 0.473 e. The number of nitrogens with one attached hydrogen (secondary N) is 4. The second-order valence-electron chi connectivity index (χ2n) is 10.6. The van der Waals surface area contributed by atoms with E-state index in [1.54, 1.807) is 24.0 Å². The SMILES string of the molecule is CNc1cc(O[C@H]2CCN(CC(=O)Nc3cccc4c(-c5nc(Nc6cc(C)n(C)n6)ncc5C)c[nH]c34)C2)nc(N)n1. The number of carbonyl (C=O) groups excluding carboxylic acids is 1. The second-order valence-corrected chi connectivity index (χ2v) is 10.6. The number of anilines is 5. The zero-order valence-corrected chi connectivity index (χ0v) is 24.5. The van der Waals surface area contributed by atoms with Crippen molar-refractivity contribution in [2.45, 2.75) is 26.4 Å². The molecule has 0 aliphatic carbocycles. The van der Waals surface area contributed by atoms with Crippen LogP contribution in [0.2, 0.25) is 0 Å². The highest BCUT2D eigenvalue weighted by Gasteiger charge is 2.26. The smallest absolute Gasteiger partial charge is 0.238 e. The first-order valence-electron chi connectivity index (χ1n) is 14.0. The molecule has 1 aliphatic heterocycles. The third kappa shape index (κ3) is 6.04. The number of carbonyl (C=O) groups is 1. The molecule has 5 aromatic rings. The fourth-order valence-corrected chi connectivity index (χ4v) is 5.20. The van der Waals surface area contributed by atoms with E-state index in [9.17, 15) is 4.79 Å². The molecule has 0 unspecified atom stereocenters. The van der Waals surface area contributed by atoms with E-state index in [2.05, 4.69) is 45.9 Å². The molecule has 0 bridgehead atoms. The Kier molecular flexibility index (Phi) is 7.50. The molecule has 1 aliphatic rings. The van der Waals surface area contributed by atoms with Gasteiger partial charge in [-0.1, -0.05) is 12.1 Å². The number of ether oxygens (including phenoxy) is 1. The van der Waals surface area contributed by atoms with E-state index in [0.29, 0.717) is 35.7 Å². The van der Waals surface area contributed by atoms with Crippen LogP contribution in [0, 0.1) is 13.8 Å². The molecule has 43 heavy (non-hydrogen) atoms. The van der Waals surface area contributed by atoms with Crippen molar-refractivity contribution in [1.29, 1.82) is 0 Å². The maximum Gasteiger partial charge on any atom is 0.238 e. The number of fused-ring (bicyclic) bond motifs is 1. The van der Waals surface area contributed by atoms with Crippen LogP contribution in [-0.2, 0) is 11.8 Å². The number of likely N-dealkylation sites (tertiary alicyclic amines) is 1. The standard InChI is InChI=1S/C29H34N12O2/c1-16-12-33-29(36-23-10-17(2)40(4)39-23)38-26(16)20-13-32-27-19(20)6-5-7-21(27)34-24(42)15-41-9-8-18(14-41)43-25-11-22(31-3)35-28(30)37-25/h5-7,10-13,18,32H,8-9,14-15H2,1-4H3,(H,34,42)(H3,30,31,35,37)(H,33,36,38,39)/t18-/m0/s1. The van der Waals surface area contributed by atoms with Crippen LogP contribution in [0.25, 0.3) is 22.2 Å². The van der Waals surface area contributed by atoms with Crippen molar-refractivity contribution in [3.05, 3.63) is 54.0 Å². The summed E-state index contributed by atoms with van der Waals surface area (Å²) in [7, 11) is 3.64. The van der Waals surface area contributed by atoms with E-state index >= 15 is 0 Å². The predicted octanol–water partition coefficient (Wildman–Crippen LogP) is 3.22. The van der Waals surface area contributed by atoms with Gasteiger partial charge < -0.3 is 31.4 Å². The molecule has 0 spiro atoms. The first-order valence-corrected chi connectivity index (χ1v) is 14.0. The lowest BCUT2D eigenvalue weighted by Crippen LogP contribution is -2.33. The number of H-pyrrole nitrogens is 1. The highest BCUT2D eigenvalue weighted by Crippen LogP contribution is 2.33. The Morgan fingerprint density at radius 3 is 2.84 bits per heavy atom. The van der Waals surface area contributed by atoms with Crippen LogP contribution < -0.4 is 26.4 Å². The summed E-state index contributed by atoms with van der Waals surface area (Å²) < 4.78 is 7.81. The van der Waals surface area contributed by atoms with Gasteiger partial charge in [0.2, 0.25) is 23.7 Å². The van der Waals surface area contributed by atoms with Crippen molar-refractivity contribution in [3.63, 3.8) is 0 Å². The van der Waals surface area contributed by atoms with E-state index in [1.807, 2.05) is 51.4 Å². The zero-order valence-electron chi connectivity index (χ0n) is 24.5. The Hall–Kier alpha value is -5.24. The molecule has 4 aromatic heterocycles. The van der Waals surface area contributed by atoms with Gasteiger partial charge in [0.15, 0.2) is 5.82 Å². The minimum Gasteiger partial charge on any atom is -0.473 e. The molecule has 5 heterocycles. The van der Waals surface area contributed by atoms with Crippen molar-refractivity contribution >= 4 is 46.0 Å². The number of aromatic nitrogens is 7. The van der Waals surface area contributed by atoms with Crippen LogP contribution in [0.1, 0.15) is 17.7 Å². The molecular weight excluding hydrogens is 548 g/mol. The molecular formula is C29H34N12O2. The average molecular weight is 583 g/mol. The number of nitrogens with zero attached hydrogens (tertiary/aromatic N) is 7. The van der Waals surface area contributed by atoms with Crippen LogP contribution in [0.3, 0.4) is 0 Å². The molecule has 0 saturated carbocycles. The number of benzene rings is 1. The maximum atomic E-state index is 13.1. The van der Waals surface area contributed by atoms with Gasteiger partial charge in [-0.05, 0) is 31.9 Å². The third-order valence-electron chi connectivity index (χ3n) is 7.43. The van der Waals surface area contributed by atoms with Crippen LogP contribution in [0.15, 0.2) is 42.7 Å². The van der Waals surface area contributed by atoms with Crippen molar-refractivity contribution in [3.8, 4) is 17.1 Å². The predicted molar refractivity (Wildman–Crippen MR) is 165 cm³/mol. The summed E-state index contributed by atoms with van der Waals surface area (Å²) in [4.78, 5) is 36.0. The summed E-state index contributed by atoms with van der Waals surface area (Å²) in [5.74, 6) is 2.17. The molecule has 14 nitrogen and oxygen atoms in total.